The van der Waals surface area contributed by atoms with Crippen molar-refractivity contribution in [3.05, 3.63) is 41.3 Å². The maximum Gasteiger partial charge on any atom is 0.136 e. The Hall–Kier alpha value is -1.51. The van der Waals surface area contributed by atoms with Gasteiger partial charge in [-0.1, -0.05) is 17.2 Å². The van der Waals surface area contributed by atoms with Crippen LogP contribution in [0.5, 0.6) is 0 Å². The Kier molecular flexibility index (Phi) is 7.03. The molecule has 0 atom stereocenters. The second-order valence-corrected chi connectivity index (χ2v) is 4.34. The lowest BCUT2D eigenvalue weighted by molar-refractivity contribution is 0.851. The highest BCUT2D eigenvalue weighted by Crippen LogP contribution is 1.97. The van der Waals surface area contributed by atoms with Gasteiger partial charge in [-0.2, -0.15) is 0 Å². The van der Waals surface area contributed by atoms with Crippen LogP contribution in [0.15, 0.2) is 23.8 Å². The summed E-state index contributed by atoms with van der Waals surface area (Å²) in [7, 11) is 0. The molecule has 0 fully saturated rings. The highest BCUT2D eigenvalue weighted by atomic mass is 15.0. The van der Waals surface area contributed by atoms with Crippen LogP contribution in [0.4, 0.5) is 0 Å². The van der Waals surface area contributed by atoms with Gasteiger partial charge in [-0.15, -0.1) is 6.58 Å². The van der Waals surface area contributed by atoms with Crippen LogP contribution in [0, 0.1) is 13.8 Å². The molecule has 1 aromatic heterocycles. The topological polar surface area (TPSA) is 38.7 Å². The lowest BCUT2D eigenvalue weighted by Gasteiger charge is -1.97. The van der Waals surface area contributed by atoms with Crippen LogP contribution in [0.25, 0.3) is 0 Å². The summed E-state index contributed by atoms with van der Waals surface area (Å²) in [5.74, 6) is 2.34. The van der Waals surface area contributed by atoms with E-state index in [0.717, 1.165) is 17.5 Å². The lowest BCUT2D eigenvalue weighted by atomic mass is 10.2. The second kappa shape index (κ2) is 7.71. The molecule has 1 heterocycles. The summed E-state index contributed by atoms with van der Waals surface area (Å²) in [6.07, 6.45) is 2.50. The first-order chi connectivity index (χ1) is 7.86. The summed E-state index contributed by atoms with van der Waals surface area (Å²) in [6.45, 7) is 15.8. The van der Waals surface area contributed by atoms with Gasteiger partial charge in [0, 0.05) is 6.42 Å². The molecule has 0 saturated carbocycles. The number of hydrogen-bond donors (Lipinski definition) is 0. The molecule has 0 spiro atoms. The maximum absolute atomic E-state index is 4.13. The molecule has 0 saturated heterocycles. The zero-order valence-electron chi connectivity index (χ0n) is 11.8. The molecule has 0 unspecified atom stereocenters. The standard InChI is InChI=1S/C8H11N3.C6H12/c1-4-5-8-10-6(2)9-7(3)11-8;1-5(2)6(3)4/h4H,1,5H2,2-3H3;1-4H3. The normalized spacial score (nSPS) is 9.06. The van der Waals surface area contributed by atoms with Gasteiger partial charge in [-0.3, -0.25) is 0 Å². The maximum atomic E-state index is 4.13. The van der Waals surface area contributed by atoms with Gasteiger partial charge in [0.1, 0.15) is 17.5 Å². The van der Waals surface area contributed by atoms with Crippen molar-refractivity contribution in [2.45, 2.75) is 48.0 Å². The molecule has 0 N–H and O–H groups in total. The van der Waals surface area contributed by atoms with Gasteiger partial charge in [0.15, 0.2) is 0 Å². The van der Waals surface area contributed by atoms with Gasteiger partial charge < -0.3 is 0 Å². The van der Waals surface area contributed by atoms with Crippen molar-refractivity contribution < 1.29 is 0 Å². The van der Waals surface area contributed by atoms with Gasteiger partial charge in [0.25, 0.3) is 0 Å². The number of hydrogen-bond acceptors (Lipinski definition) is 3. The van der Waals surface area contributed by atoms with Crippen LogP contribution in [-0.2, 0) is 6.42 Å². The smallest absolute Gasteiger partial charge is 0.136 e. The van der Waals surface area contributed by atoms with Gasteiger partial charge >= 0.3 is 0 Å². The molecule has 0 radical (unpaired) electrons. The number of aromatic nitrogens is 3. The van der Waals surface area contributed by atoms with Crippen molar-refractivity contribution in [3.63, 3.8) is 0 Å². The Morgan fingerprint density at radius 3 is 1.65 bits per heavy atom. The molecule has 0 bridgehead atoms. The molecule has 0 aliphatic rings. The Bertz CT molecular complexity index is 368. The van der Waals surface area contributed by atoms with E-state index in [1.807, 2.05) is 13.8 Å². The van der Waals surface area contributed by atoms with E-state index in [1.54, 1.807) is 6.08 Å². The molecule has 1 rings (SSSR count). The largest absolute Gasteiger partial charge is 0.219 e. The summed E-state index contributed by atoms with van der Waals surface area (Å²) in [5.41, 5.74) is 2.85. The minimum absolute atomic E-state index is 0.713. The predicted molar refractivity (Wildman–Crippen MR) is 72.9 cm³/mol. The molecule has 0 aliphatic heterocycles. The van der Waals surface area contributed by atoms with Crippen LogP contribution < -0.4 is 0 Å². The van der Waals surface area contributed by atoms with Gasteiger partial charge in [0.05, 0.1) is 0 Å². The fourth-order valence-electron chi connectivity index (χ4n) is 0.903. The Morgan fingerprint density at radius 1 is 0.941 bits per heavy atom. The molecule has 0 aliphatic carbocycles. The van der Waals surface area contributed by atoms with E-state index in [-0.39, 0.29) is 0 Å². The Labute approximate surface area is 105 Å². The van der Waals surface area contributed by atoms with E-state index >= 15 is 0 Å². The number of rotatable bonds is 2. The monoisotopic (exact) mass is 233 g/mol. The summed E-state index contributed by atoms with van der Waals surface area (Å²) in [6, 6.07) is 0. The fraction of sp³-hybridized carbons (Fsp3) is 0.500. The molecule has 0 amide bonds. The highest BCUT2D eigenvalue weighted by molar-refractivity contribution is 5.02. The van der Waals surface area contributed by atoms with Crippen molar-refractivity contribution in [2.24, 2.45) is 0 Å². The van der Waals surface area contributed by atoms with Crippen LogP contribution >= 0.6 is 0 Å². The van der Waals surface area contributed by atoms with Crippen LogP contribution in [0.1, 0.15) is 45.2 Å². The minimum atomic E-state index is 0.713. The first-order valence-electron chi connectivity index (χ1n) is 5.76. The average Bonchev–Trinajstić information content (AvgIpc) is 2.17. The lowest BCUT2D eigenvalue weighted by Crippen LogP contribution is -2.01. The van der Waals surface area contributed by atoms with Gasteiger partial charge in [-0.05, 0) is 41.5 Å². The predicted octanol–water partition coefficient (Wildman–Crippen LogP) is 3.58. The highest BCUT2D eigenvalue weighted by Gasteiger charge is 1.96. The van der Waals surface area contributed by atoms with Crippen molar-refractivity contribution in [2.75, 3.05) is 0 Å². The summed E-state index contributed by atoms with van der Waals surface area (Å²) >= 11 is 0. The van der Waals surface area contributed by atoms with Crippen molar-refractivity contribution in [1.29, 1.82) is 0 Å². The third kappa shape index (κ3) is 7.39. The summed E-state index contributed by atoms with van der Waals surface area (Å²) < 4.78 is 0. The minimum Gasteiger partial charge on any atom is -0.219 e. The van der Waals surface area contributed by atoms with E-state index in [1.165, 1.54) is 11.1 Å². The van der Waals surface area contributed by atoms with Crippen LogP contribution in [-0.4, -0.2) is 15.0 Å². The second-order valence-electron chi connectivity index (χ2n) is 4.34. The first-order valence-corrected chi connectivity index (χ1v) is 5.76. The van der Waals surface area contributed by atoms with Crippen LogP contribution in [0.2, 0.25) is 0 Å². The fourth-order valence-corrected chi connectivity index (χ4v) is 0.903. The van der Waals surface area contributed by atoms with E-state index in [0.29, 0.717) is 6.42 Å². The van der Waals surface area contributed by atoms with E-state index in [2.05, 4.69) is 49.2 Å². The molecule has 3 heteroatoms. The Balaban J connectivity index is 0.000000366. The van der Waals surface area contributed by atoms with Gasteiger partial charge in [0.2, 0.25) is 0 Å². The Morgan fingerprint density at radius 2 is 1.35 bits per heavy atom. The quantitative estimate of drug-likeness (QED) is 0.733. The summed E-state index contributed by atoms with van der Waals surface area (Å²) in [5, 5.41) is 0. The molecule has 17 heavy (non-hydrogen) atoms. The number of aryl methyl sites for hydroxylation is 2. The first kappa shape index (κ1) is 15.5. The molecular formula is C14H23N3. The third-order valence-electron chi connectivity index (χ3n) is 2.23. The van der Waals surface area contributed by atoms with Gasteiger partial charge in [-0.25, -0.2) is 15.0 Å². The van der Waals surface area contributed by atoms with Crippen molar-refractivity contribution >= 4 is 0 Å². The zero-order chi connectivity index (χ0) is 13.4. The zero-order valence-corrected chi connectivity index (χ0v) is 11.8. The SMILES string of the molecule is C=CCc1nc(C)nc(C)n1.CC(C)=C(C)C. The average molecular weight is 233 g/mol. The molecule has 94 valence electrons. The van der Waals surface area contributed by atoms with E-state index in [9.17, 15) is 0 Å². The molecule has 0 aromatic carbocycles. The third-order valence-corrected chi connectivity index (χ3v) is 2.23. The van der Waals surface area contributed by atoms with Crippen LogP contribution in [0.3, 0.4) is 0 Å². The molecular weight excluding hydrogens is 210 g/mol. The van der Waals surface area contributed by atoms with E-state index in [4.69, 9.17) is 0 Å². The molecule has 3 nitrogen and oxygen atoms in total. The summed E-state index contributed by atoms with van der Waals surface area (Å²) in [4.78, 5) is 12.3. The van der Waals surface area contributed by atoms with Crippen molar-refractivity contribution in [3.8, 4) is 0 Å². The van der Waals surface area contributed by atoms with E-state index < -0.39 is 0 Å². The van der Waals surface area contributed by atoms with Crippen molar-refractivity contribution in [1.82, 2.24) is 15.0 Å². The number of nitrogens with zero attached hydrogens (tertiary/aromatic N) is 3. The number of allylic oxidation sites excluding steroid dienone is 3. The molecule has 1 aromatic rings.